The molecule has 152 valence electrons. The van der Waals surface area contributed by atoms with E-state index in [9.17, 15) is 14.7 Å². The third kappa shape index (κ3) is 4.91. The van der Waals surface area contributed by atoms with E-state index < -0.39 is 17.4 Å². The van der Waals surface area contributed by atoms with Gasteiger partial charge in [0.15, 0.2) is 0 Å². The standard InChI is InChI=1S/C24H20ClNO4/c1-24(2,23(28)29)26-22(27)20-14-11-17-7-3-4-8-19(17)21(20)30-15-5-6-16-9-12-18(25)13-10-16/h3-4,7-14H,15H2,1-2H3,(H,26,27)(H,28,29). The molecule has 5 nitrogen and oxygen atoms in total. The second kappa shape index (κ2) is 8.89. The molecule has 0 aliphatic rings. The van der Waals surface area contributed by atoms with Crippen molar-refractivity contribution in [2.45, 2.75) is 19.4 Å². The molecule has 0 bridgehead atoms. The molecular formula is C24H20ClNO4. The molecule has 0 saturated heterocycles. The van der Waals surface area contributed by atoms with Gasteiger partial charge in [-0.25, -0.2) is 4.79 Å². The van der Waals surface area contributed by atoms with Crippen molar-refractivity contribution in [1.82, 2.24) is 5.32 Å². The van der Waals surface area contributed by atoms with Crippen LogP contribution in [0.2, 0.25) is 5.02 Å². The van der Waals surface area contributed by atoms with E-state index in [1.807, 2.05) is 24.3 Å². The maximum Gasteiger partial charge on any atom is 0.328 e. The van der Waals surface area contributed by atoms with Crippen LogP contribution in [0.15, 0.2) is 60.7 Å². The molecular weight excluding hydrogens is 402 g/mol. The monoisotopic (exact) mass is 421 g/mol. The lowest BCUT2D eigenvalue weighted by atomic mass is 10.0. The number of halogens is 1. The first-order chi connectivity index (χ1) is 14.3. The van der Waals surface area contributed by atoms with Crippen molar-refractivity contribution < 1.29 is 19.4 Å². The summed E-state index contributed by atoms with van der Waals surface area (Å²) < 4.78 is 5.88. The number of carboxylic acid groups (broad SMARTS) is 1. The van der Waals surface area contributed by atoms with Crippen molar-refractivity contribution in [2.24, 2.45) is 0 Å². The summed E-state index contributed by atoms with van der Waals surface area (Å²) in [6, 6.07) is 18.0. The zero-order valence-corrected chi connectivity index (χ0v) is 17.3. The molecule has 3 aromatic rings. The van der Waals surface area contributed by atoms with E-state index in [-0.39, 0.29) is 12.2 Å². The molecule has 0 unspecified atom stereocenters. The Balaban J connectivity index is 1.89. The minimum Gasteiger partial charge on any atom is -0.480 e. The molecule has 3 rings (SSSR count). The van der Waals surface area contributed by atoms with E-state index in [4.69, 9.17) is 16.3 Å². The number of carbonyl (C=O) groups excluding carboxylic acids is 1. The van der Waals surface area contributed by atoms with Gasteiger partial charge in [-0.05, 0) is 49.6 Å². The van der Waals surface area contributed by atoms with Crippen LogP contribution < -0.4 is 10.1 Å². The highest BCUT2D eigenvalue weighted by Crippen LogP contribution is 2.30. The largest absolute Gasteiger partial charge is 0.480 e. The predicted molar refractivity (Wildman–Crippen MR) is 117 cm³/mol. The number of hydrogen-bond donors (Lipinski definition) is 2. The van der Waals surface area contributed by atoms with Crippen molar-refractivity contribution >= 4 is 34.2 Å². The molecule has 0 spiro atoms. The van der Waals surface area contributed by atoms with Gasteiger partial charge in [-0.15, -0.1) is 0 Å². The average Bonchev–Trinajstić information content (AvgIpc) is 2.71. The number of rotatable bonds is 5. The lowest BCUT2D eigenvalue weighted by molar-refractivity contribution is -0.143. The van der Waals surface area contributed by atoms with Crippen LogP contribution in [0.5, 0.6) is 5.75 Å². The third-order valence-corrected chi connectivity index (χ3v) is 4.70. The fourth-order valence-electron chi connectivity index (χ4n) is 2.76. The molecule has 0 atom stereocenters. The first-order valence-corrected chi connectivity index (χ1v) is 9.60. The molecule has 2 N–H and O–H groups in total. The van der Waals surface area contributed by atoms with E-state index in [2.05, 4.69) is 17.2 Å². The molecule has 3 aromatic carbocycles. The van der Waals surface area contributed by atoms with Gasteiger partial charge < -0.3 is 15.2 Å². The Morgan fingerprint density at radius 3 is 2.47 bits per heavy atom. The number of nitrogens with one attached hydrogen (secondary N) is 1. The molecule has 0 aliphatic carbocycles. The predicted octanol–water partition coefficient (Wildman–Crippen LogP) is 4.52. The molecule has 0 fully saturated rings. The number of ether oxygens (including phenoxy) is 1. The van der Waals surface area contributed by atoms with Gasteiger partial charge in [0.1, 0.15) is 17.9 Å². The summed E-state index contributed by atoms with van der Waals surface area (Å²) in [5.74, 6) is 4.60. The first kappa shape index (κ1) is 21.2. The highest BCUT2D eigenvalue weighted by Gasteiger charge is 2.30. The first-order valence-electron chi connectivity index (χ1n) is 9.23. The van der Waals surface area contributed by atoms with Crippen LogP contribution in [0.25, 0.3) is 10.8 Å². The number of benzene rings is 3. The van der Waals surface area contributed by atoms with E-state index in [0.717, 1.165) is 16.3 Å². The summed E-state index contributed by atoms with van der Waals surface area (Å²) >= 11 is 5.87. The van der Waals surface area contributed by atoms with Gasteiger partial charge in [0, 0.05) is 16.0 Å². The molecule has 30 heavy (non-hydrogen) atoms. The van der Waals surface area contributed by atoms with E-state index in [1.165, 1.54) is 13.8 Å². The fraction of sp³-hybridized carbons (Fsp3) is 0.167. The Hall–Kier alpha value is -3.49. The second-order valence-electron chi connectivity index (χ2n) is 7.15. The summed E-state index contributed by atoms with van der Waals surface area (Å²) in [6.45, 7) is 2.90. The van der Waals surface area contributed by atoms with Gasteiger partial charge in [-0.3, -0.25) is 4.79 Å². The maximum absolute atomic E-state index is 12.8. The molecule has 0 heterocycles. The fourth-order valence-corrected chi connectivity index (χ4v) is 2.89. The Morgan fingerprint density at radius 2 is 1.77 bits per heavy atom. The van der Waals surface area contributed by atoms with E-state index >= 15 is 0 Å². The summed E-state index contributed by atoms with van der Waals surface area (Å²) in [4.78, 5) is 24.2. The van der Waals surface area contributed by atoms with Crippen molar-refractivity contribution in [3.05, 3.63) is 76.8 Å². The zero-order valence-electron chi connectivity index (χ0n) is 16.5. The minimum absolute atomic E-state index is 0.0548. The van der Waals surface area contributed by atoms with E-state index in [1.54, 1.807) is 36.4 Å². The molecule has 0 radical (unpaired) electrons. The number of amides is 1. The number of hydrogen-bond acceptors (Lipinski definition) is 3. The minimum atomic E-state index is -1.42. The molecule has 1 amide bonds. The third-order valence-electron chi connectivity index (χ3n) is 4.45. The van der Waals surface area contributed by atoms with Crippen LogP contribution >= 0.6 is 11.6 Å². The topological polar surface area (TPSA) is 75.6 Å². The van der Waals surface area contributed by atoms with Gasteiger partial charge in [-0.2, -0.15) is 0 Å². The molecule has 0 saturated carbocycles. The number of aliphatic carboxylic acids is 1. The highest BCUT2D eigenvalue weighted by molar-refractivity contribution is 6.30. The van der Waals surface area contributed by atoms with Crippen LogP contribution in [0.4, 0.5) is 0 Å². The Kier molecular flexibility index (Phi) is 6.29. The molecule has 0 aromatic heterocycles. The second-order valence-corrected chi connectivity index (χ2v) is 7.58. The molecule has 6 heteroatoms. The Morgan fingerprint density at radius 1 is 1.07 bits per heavy atom. The van der Waals surface area contributed by atoms with Gasteiger partial charge in [0.25, 0.3) is 5.91 Å². The zero-order chi connectivity index (χ0) is 21.7. The van der Waals surface area contributed by atoms with Gasteiger partial charge in [0.2, 0.25) is 0 Å². The highest BCUT2D eigenvalue weighted by atomic mass is 35.5. The van der Waals surface area contributed by atoms with Gasteiger partial charge in [-0.1, -0.05) is 53.8 Å². The van der Waals surface area contributed by atoms with Crippen LogP contribution in [0, 0.1) is 11.8 Å². The average molecular weight is 422 g/mol. The summed E-state index contributed by atoms with van der Waals surface area (Å²) in [5.41, 5.74) is -0.382. The lowest BCUT2D eigenvalue weighted by Crippen LogP contribution is -2.49. The van der Waals surface area contributed by atoms with Crippen molar-refractivity contribution in [3.63, 3.8) is 0 Å². The van der Waals surface area contributed by atoms with Gasteiger partial charge >= 0.3 is 5.97 Å². The quantitative estimate of drug-likeness (QED) is 0.594. The van der Waals surface area contributed by atoms with Crippen LogP contribution in [0.3, 0.4) is 0 Å². The maximum atomic E-state index is 12.8. The number of fused-ring (bicyclic) bond motifs is 1. The van der Waals surface area contributed by atoms with Crippen LogP contribution in [0.1, 0.15) is 29.8 Å². The Bertz CT molecular complexity index is 1160. The number of carbonyl (C=O) groups is 2. The molecule has 0 aliphatic heterocycles. The Labute approximate surface area is 179 Å². The van der Waals surface area contributed by atoms with Crippen molar-refractivity contribution in [1.29, 1.82) is 0 Å². The smallest absolute Gasteiger partial charge is 0.328 e. The normalized spacial score (nSPS) is 10.8. The van der Waals surface area contributed by atoms with E-state index in [0.29, 0.717) is 10.8 Å². The van der Waals surface area contributed by atoms with Crippen molar-refractivity contribution in [2.75, 3.05) is 6.61 Å². The van der Waals surface area contributed by atoms with Crippen LogP contribution in [-0.4, -0.2) is 29.1 Å². The van der Waals surface area contributed by atoms with Crippen molar-refractivity contribution in [3.8, 4) is 17.6 Å². The number of carboxylic acids is 1. The summed E-state index contributed by atoms with van der Waals surface area (Å²) in [6.07, 6.45) is 0. The van der Waals surface area contributed by atoms with Gasteiger partial charge in [0.05, 0.1) is 5.56 Å². The SMILES string of the molecule is CC(C)(NC(=O)c1ccc2ccccc2c1OCC#Cc1ccc(Cl)cc1)C(=O)O. The van der Waals surface area contributed by atoms with Crippen LogP contribution in [-0.2, 0) is 4.79 Å². The lowest BCUT2D eigenvalue weighted by Gasteiger charge is -2.22. The summed E-state index contributed by atoms with van der Waals surface area (Å²) in [5, 5.41) is 14.1. The summed E-state index contributed by atoms with van der Waals surface area (Å²) in [7, 11) is 0.